The first-order chi connectivity index (χ1) is 21.1. The fourth-order valence-corrected chi connectivity index (χ4v) is 5.73. The fraction of sp³-hybridized carbons (Fsp3) is 0.515. The van der Waals surface area contributed by atoms with Gasteiger partial charge in [-0.15, -0.1) is 0 Å². The van der Waals surface area contributed by atoms with Gasteiger partial charge in [-0.1, -0.05) is 30.3 Å². The smallest absolute Gasteiger partial charge is 0.320 e. The number of carbonyl (C=O) groups is 4. The summed E-state index contributed by atoms with van der Waals surface area (Å²) in [7, 11) is 0. The summed E-state index contributed by atoms with van der Waals surface area (Å²) in [5.41, 5.74) is 2.76. The van der Waals surface area contributed by atoms with Crippen LogP contribution in [0.1, 0.15) is 60.7 Å². The van der Waals surface area contributed by atoms with Crippen LogP contribution in [0.15, 0.2) is 42.5 Å². The highest BCUT2D eigenvalue weighted by Crippen LogP contribution is 2.34. The third-order valence-electron chi connectivity index (χ3n) is 7.97. The van der Waals surface area contributed by atoms with Crippen LogP contribution in [-0.2, 0) is 43.6 Å². The lowest BCUT2D eigenvalue weighted by Gasteiger charge is -2.30. The molecule has 2 saturated heterocycles. The maximum Gasteiger partial charge on any atom is 0.320 e. The molecule has 44 heavy (non-hydrogen) atoms. The number of morpholine rings is 1. The second kappa shape index (κ2) is 13.9. The number of ether oxygens (including phenoxy) is 3. The molecule has 0 spiro atoms. The van der Waals surface area contributed by atoms with Gasteiger partial charge in [-0.05, 0) is 50.5 Å². The van der Waals surface area contributed by atoms with Crippen LogP contribution in [0.2, 0.25) is 0 Å². The molecule has 3 aliphatic rings. The molecule has 0 aliphatic carbocycles. The van der Waals surface area contributed by atoms with Gasteiger partial charge in [-0.25, -0.2) is 0 Å². The third kappa shape index (κ3) is 8.22. The van der Waals surface area contributed by atoms with Crippen LogP contribution in [0, 0.1) is 0 Å². The molecule has 11 nitrogen and oxygen atoms in total. The summed E-state index contributed by atoms with van der Waals surface area (Å²) >= 11 is 0. The molecule has 3 heterocycles. The van der Waals surface area contributed by atoms with Gasteiger partial charge in [0.1, 0.15) is 24.0 Å². The van der Waals surface area contributed by atoms with Gasteiger partial charge in [-0.3, -0.25) is 34.3 Å². The van der Waals surface area contributed by atoms with Gasteiger partial charge in [0.25, 0.3) is 5.91 Å². The van der Waals surface area contributed by atoms with Crippen LogP contribution in [0.4, 0.5) is 0 Å². The molecular weight excluding hydrogens is 564 g/mol. The quantitative estimate of drug-likeness (QED) is 0.304. The zero-order valence-electron chi connectivity index (χ0n) is 25.8. The number of imide groups is 1. The summed E-state index contributed by atoms with van der Waals surface area (Å²) in [5, 5.41) is 2.34. The Morgan fingerprint density at radius 3 is 2.48 bits per heavy atom. The summed E-state index contributed by atoms with van der Waals surface area (Å²) in [6, 6.07) is 12.8. The van der Waals surface area contributed by atoms with Crippen molar-refractivity contribution in [2.75, 3.05) is 45.9 Å². The molecule has 1 atom stereocenters. The minimum atomic E-state index is -0.670. The molecule has 5 rings (SSSR count). The zero-order valence-corrected chi connectivity index (χ0v) is 25.8. The number of fused-ring (bicyclic) bond motifs is 1. The number of carbonyl (C=O) groups excluding carboxylic acids is 4. The Kier molecular flexibility index (Phi) is 9.97. The lowest BCUT2D eigenvalue weighted by atomic mass is 10.0. The molecule has 0 radical (unpaired) electrons. The number of hydrogen-bond acceptors (Lipinski definition) is 9. The lowest BCUT2D eigenvalue weighted by molar-refractivity contribution is -0.156. The monoisotopic (exact) mass is 606 g/mol. The van der Waals surface area contributed by atoms with Crippen LogP contribution >= 0.6 is 0 Å². The van der Waals surface area contributed by atoms with Crippen LogP contribution in [0.5, 0.6) is 5.75 Å². The van der Waals surface area contributed by atoms with E-state index in [9.17, 15) is 19.2 Å². The predicted octanol–water partition coefficient (Wildman–Crippen LogP) is 2.50. The summed E-state index contributed by atoms with van der Waals surface area (Å²) in [6.07, 6.45) is 0.526. The Morgan fingerprint density at radius 1 is 1.05 bits per heavy atom. The van der Waals surface area contributed by atoms with E-state index in [2.05, 4.69) is 15.1 Å². The Morgan fingerprint density at radius 2 is 1.77 bits per heavy atom. The van der Waals surface area contributed by atoms with Gasteiger partial charge in [0.2, 0.25) is 11.8 Å². The van der Waals surface area contributed by atoms with E-state index in [-0.39, 0.29) is 37.3 Å². The Labute approximate surface area is 258 Å². The number of rotatable bonds is 11. The van der Waals surface area contributed by atoms with Gasteiger partial charge in [0.05, 0.1) is 26.3 Å². The maximum atomic E-state index is 13.1. The number of benzene rings is 2. The summed E-state index contributed by atoms with van der Waals surface area (Å²) in [4.78, 5) is 55.7. The predicted molar refractivity (Wildman–Crippen MR) is 162 cm³/mol. The second-order valence-electron chi connectivity index (χ2n) is 12.5. The molecule has 236 valence electrons. The first-order valence-electron chi connectivity index (χ1n) is 15.3. The van der Waals surface area contributed by atoms with E-state index >= 15 is 0 Å². The van der Waals surface area contributed by atoms with Crippen LogP contribution < -0.4 is 10.1 Å². The first-order valence-corrected chi connectivity index (χ1v) is 15.3. The zero-order chi connectivity index (χ0) is 31.3. The largest absolute Gasteiger partial charge is 0.489 e. The molecule has 3 aliphatic heterocycles. The number of esters is 1. The Balaban J connectivity index is 1.19. The third-order valence-corrected chi connectivity index (χ3v) is 7.97. The van der Waals surface area contributed by atoms with E-state index in [1.165, 1.54) is 4.90 Å². The maximum absolute atomic E-state index is 13.1. The molecular formula is C33H42N4O7. The molecule has 2 aromatic carbocycles. The average Bonchev–Trinajstić information content (AvgIpc) is 3.31. The van der Waals surface area contributed by atoms with Crippen molar-refractivity contribution in [2.45, 2.75) is 65.0 Å². The van der Waals surface area contributed by atoms with Crippen molar-refractivity contribution in [1.29, 1.82) is 0 Å². The molecule has 0 bridgehead atoms. The van der Waals surface area contributed by atoms with E-state index in [0.717, 1.165) is 56.1 Å². The number of piperidine rings is 1. The van der Waals surface area contributed by atoms with Crippen molar-refractivity contribution < 1.29 is 33.4 Å². The second-order valence-corrected chi connectivity index (χ2v) is 12.5. The minimum Gasteiger partial charge on any atom is -0.489 e. The molecule has 0 aromatic heterocycles. The SMILES string of the molecule is CC(C)(C)OC(=O)CN(CCN1CCOCC1)Cc1ccc(COc2cccc3c2CN(C2CCC(=O)NC2=O)C3=O)cc1. The fourth-order valence-electron chi connectivity index (χ4n) is 5.73. The molecule has 11 heteroatoms. The van der Waals surface area contributed by atoms with Gasteiger partial charge >= 0.3 is 5.97 Å². The minimum absolute atomic E-state index is 0.208. The molecule has 1 unspecified atom stereocenters. The lowest BCUT2D eigenvalue weighted by Crippen LogP contribution is -2.52. The number of nitrogens with one attached hydrogen (secondary N) is 1. The van der Waals surface area contributed by atoms with Gasteiger partial charge < -0.3 is 19.1 Å². The van der Waals surface area contributed by atoms with Crippen LogP contribution in [0.3, 0.4) is 0 Å². The van der Waals surface area contributed by atoms with Crippen molar-refractivity contribution in [1.82, 2.24) is 20.0 Å². The highest BCUT2D eigenvalue weighted by Gasteiger charge is 2.40. The summed E-state index contributed by atoms with van der Waals surface area (Å²) in [6.45, 7) is 11.8. The Hall–Kier alpha value is -3.80. The molecule has 3 amide bonds. The normalized spacial score (nSPS) is 19.2. The standard InChI is InChI=1S/C33H42N4O7/c1-33(2,3)44-30(39)21-36(14-13-35-15-17-42-18-16-35)19-23-7-9-24(10-8-23)22-43-28-6-4-5-25-26(28)20-37(32(25)41)27-11-12-29(38)34-31(27)40/h4-10,27H,11-22H2,1-3H3,(H,34,38,40). The van der Waals surface area contributed by atoms with Crippen molar-refractivity contribution >= 4 is 23.7 Å². The number of amides is 3. The van der Waals surface area contributed by atoms with E-state index in [1.807, 2.05) is 51.1 Å². The van der Waals surface area contributed by atoms with Gasteiger partial charge in [0, 0.05) is 50.3 Å². The highest BCUT2D eigenvalue weighted by molar-refractivity contribution is 6.05. The van der Waals surface area contributed by atoms with Crippen molar-refractivity contribution in [3.63, 3.8) is 0 Å². The van der Waals surface area contributed by atoms with Crippen molar-refractivity contribution in [3.05, 3.63) is 64.7 Å². The van der Waals surface area contributed by atoms with E-state index in [0.29, 0.717) is 30.9 Å². The molecule has 1 N–H and O–H groups in total. The van der Waals surface area contributed by atoms with Gasteiger partial charge in [0.15, 0.2) is 0 Å². The van der Waals surface area contributed by atoms with Crippen LogP contribution in [0.25, 0.3) is 0 Å². The number of nitrogens with zero attached hydrogens (tertiary/aromatic N) is 3. The molecule has 0 saturated carbocycles. The first kappa shape index (κ1) is 31.6. The number of hydrogen-bond donors (Lipinski definition) is 1. The summed E-state index contributed by atoms with van der Waals surface area (Å²) in [5.74, 6) is -0.616. The van der Waals surface area contributed by atoms with Crippen molar-refractivity contribution in [2.24, 2.45) is 0 Å². The van der Waals surface area contributed by atoms with E-state index < -0.39 is 17.6 Å². The Bertz CT molecular complexity index is 1370. The van der Waals surface area contributed by atoms with Gasteiger partial charge in [-0.2, -0.15) is 0 Å². The van der Waals surface area contributed by atoms with E-state index in [4.69, 9.17) is 14.2 Å². The molecule has 2 fully saturated rings. The summed E-state index contributed by atoms with van der Waals surface area (Å²) < 4.78 is 17.2. The highest BCUT2D eigenvalue weighted by atomic mass is 16.6. The van der Waals surface area contributed by atoms with Crippen LogP contribution in [-0.4, -0.2) is 96.0 Å². The van der Waals surface area contributed by atoms with E-state index in [1.54, 1.807) is 12.1 Å². The topological polar surface area (TPSA) is 118 Å². The molecule has 2 aromatic rings. The average molecular weight is 607 g/mol. The van der Waals surface area contributed by atoms with Crippen molar-refractivity contribution in [3.8, 4) is 5.75 Å².